The summed E-state index contributed by atoms with van der Waals surface area (Å²) >= 11 is 0. The predicted molar refractivity (Wildman–Crippen MR) is 96.8 cm³/mol. The van der Waals surface area contributed by atoms with Crippen LogP contribution < -0.4 is 10.6 Å². The molecule has 2 fully saturated rings. The average molecular weight is 332 g/mol. The van der Waals surface area contributed by atoms with Crippen LogP contribution >= 0.6 is 0 Å². The Hall–Kier alpha value is -1.59. The Labute approximate surface area is 145 Å². The van der Waals surface area contributed by atoms with Gasteiger partial charge in [-0.1, -0.05) is 32.6 Å². The van der Waals surface area contributed by atoms with E-state index in [1.165, 1.54) is 51.4 Å². The van der Waals surface area contributed by atoms with Gasteiger partial charge < -0.3 is 15.2 Å². The van der Waals surface area contributed by atoms with Crippen molar-refractivity contribution in [1.82, 2.24) is 25.4 Å². The van der Waals surface area contributed by atoms with Crippen molar-refractivity contribution in [3.8, 4) is 0 Å². The van der Waals surface area contributed by atoms with Crippen LogP contribution in [0.2, 0.25) is 0 Å². The first-order chi connectivity index (χ1) is 11.6. The second kappa shape index (κ2) is 7.99. The summed E-state index contributed by atoms with van der Waals surface area (Å²) in [6, 6.07) is 1.11. The number of hydrogen-bond donors (Lipinski definition) is 2. The van der Waals surface area contributed by atoms with Crippen LogP contribution in [-0.2, 0) is 13.6 Å². The minimum absolute atomic E-state index is 0.544. The largest absolute Gasteiger partial charge is 0.354 e. The van der Waals surface area contributed by atoms with Crippen LogP contribution in [0, 0.1) is 12.8 Å². The summed E-state index contributed by atoms with van der Waals surface area (Å²) in [5, 5.41) is 15.7. The summed E-state index contributed by atoms with van der Waals surface area (Å²) in [6.45, 7) is 4.90. The van der Waals surface area contributed by atoms with Crippen molar-refractivity contribution in [2.24, 2.45) is 18.0 Å². The highest BCUT2D eigenvalue weighted by Crippen LogP contribution is 2.23. The van der Waals surface area contributed by atoms with E-state index in [-0.39, 0.29) is 0 Å². The molecule has 2 N–H and O–H groups in total. The quantitative estimate of drug-likeness (QED) is 0.657. The SMILES string of the molecule is Cc1nnc(CN=C(NC2CCCC2)NC2CCCC(C)C2)n1C. The van der Waals surface area contributed by atoms with Gasteiger partial charge in [-0.15, -0.1) is 10.2 Å². The number of aliphatic imine (C=N–C) groups is 1. The van der Waals surface area contributed by atoms with Gasteiger partial charge in [-0.2, -0.15) is 0 Å². The van der Waals surface area contributed by atoms with Crippen molar-refractivity contribution >= 4 is 5.96 Å². The molecule has 2 unspecified atom stereocenters. The number of nitrogens with zero attached hydrogens (tertiary/aromatic N) is 4. The standard InChI is InChI=1S/C18H32N6/c1-13-7-6-10-16(11-13)21-18(20-15-8-4-5-9-15)19-12-17-23-22-14(2)24(17)3/h13,15-16H,4-12H2,1-3H3,(H2,19,20,21). The highest BCUT2D eigenvalue weighted by atomic mass is 15.3. The van der Waals surface area contributed by atoms with Crippen LogP contribution in [0.1, 0.15) is 69.9 Å². The average Bonchev–Trinajstić information content (AvgIpc) is 3.17. The number of aryl methyl sites for hydroxylation is 1. The molecule has 1 aromatic heterocycles. The van der Waals surface area contributed by atoms with Gasteiger partial charge >= 0.3 is 0 Å². The summed E-state index contributed by atoms with van der Waals surface area (Å²) < 4.78 is 2.01. The van der Waals surface area contributed by atoms with Crippen molar-refractivity contribution in [3.63, 3.8) is 0 Å². The summed E-state index contributed by atoms with van der Waals surface area (Å²) in [7, 11) is 2.00. The summed E-state index contributed by atoms with van der Waals surface area (Å²) in [5.41, 5.74) is 0. The zero-order valence-corrected chi connectivity index (χ0v) is 15.4. The number of nitrogens with one attached hydrogen (secondary N) is 2. The van der Waals surface area contributed by atoms with Gasteiger partial charge in [-0.05, 0) is 38.5 Å². The van der Waals surface area contributed by atoms with Crippen molar-refractivity contribution < 1.29 is 0 Å². The van der Waals surface area contributed by atoms with E-state index in [0.717, 1.165) is 23.5 Å². The van der Waals surface area contributed by atoms with Crippen molar-refractivity contribution in [2.75, 3.05) is 0 Å². The van der Waals surface area contributed by atoms with E-state index in [2.05, 4.69) is 27.8 Å². The molecule has 6 heteroatoms. The lowest BCUT2D eigenvalue weighted by Crippen LogP contribution is -2.48. The predicted octanol–water partition coefficient (Wildman–Crippen LogP) is 2.68. The van der Waals surface area contributed by atoms with Gasteiger partial charge in [0.1, 0.15) is 12.4 Å². The van der Waals surface area contributed by atoms with Crippen LogP contribution in [0.4, 0.5) is 0 Å². The molecule has 0 aliphatic heterocycles. The number of hydrogen-bond acceptors (Lipinski definition) is 3. The maximum absolute atomic E-state index is 4.82. The van der Waals surface area contributed by atoms with Gasteiger partial charge in [0, 0.05) is 19.1 Å². The second-order valence-corrected chi connectivity index (χ2v) is 7.63. The fraction of sp³-hybridized carbons (Fsp3) is 0.833. The molecule has 0 amide bonds. The molecule has 2 aliphatic carbocycles. The topological polar surface area (TPSA) is 67.1 Å². The normalized spacial score (nSPS) is 25.9. The molecule has 0 radical (unpaired) electrons. The van der Waals surface area contributed by atoms with Crippen LogP contribution in [-0.4, -0.2) is 32.8 Å². The monoisotopic (exact) mass is 332 g/mol. The molecule has 0 saturated heterocycles. The van der Waals surface area contributed by atoms with Crippen molar-refractivity contribution in [3.05, 3.63) is 11.6 Å². The van der Waals surface area contributed by atoms with Crippen molar-refractivity contribution in [2.45, 2.75) is 83.8 Å². The van der Waals surface area contributed by atoms with E-state index in [4.69, 9.17) is 4.99 Å². The minimum atomic E-state index is 0.544. The molecule has 1 aromatic rings. The molecule has 0 bridgehead atoms. The summed E-state index contributed by atoms with van der Waals surface area (Å²) in [5.74, 6) is 3.61. The van der Waals surface area contributed by atoms with Gasteiger partial charge in [0.25, 0.3) is 0 Å². The number of rotatable bonds is 4. The van der Waals surface area contributed by atoms with E-state index in [1.54, 1.807) is 0 Å². The zero-order valence-electron chi connectivity index (χ0n) is 15.4. The first-order valence-electron chi connectivity index (χ1n) is 9.54. The third-order valence-electron chi connectivity index (χ3n) is 5.53. The van der Waals surface area contributed by atoms with Gasteiger partial charge in [0.15, 0.2) is 11.8 Å². The molecular formula is C18H32N6. The van der Waals surface area contributed by atoms with Crippen LogP contribution in [0.5, 0.6) is 0 Å². The van der Waals surface area contributed by atoms with Gasteiger partial charge in [0.2, 0.25) is 0 Å². The first-order valence-corrected chi connectivity index (χ1v) is 9.54. The molecule has 2 atom stereocenters. The lowest BCUT2D eigenvalue weighted by Gasteiger charge is -2.29. The Kier molecular flexibility index (Phi) is 5.74. The lowest BCUT2D eigenvalue weighted by molar-refractivity contribution is 0.323. The molecule has 1 heterocycles. The molecule has 0 spiro atoms. The van der Waals surface area contributed by atoms with E-state index in [0.29, 0.717) is 18.6 Å². The Morgan fingerprint density at radius 1 is 1.08 bits per heavy atom. The fourth-order valence-corrected chi connectivity index (χ4v) is 3.89. The number of guanidine groups is 1. The zero-order chi connectivity index (χ0) is 16.9. The highest BCUT2D eigenvalue weighted by Gasteiger charge is 2.22. The van der Waals surface area contributed by atoms with Crippen LogP contribution in [0.15, 0.2) is 4.99 Å². The van der Waals surface area contributed by atoms with E-state index in [1.807, 2.05) is 18.5 Å². The second-order valence-electron chi connectivity index (χ2n) is 7.63. The van der Waals surface area contributed by atoms with E-state index in [9.17, 15) is 0 Å². The Morgan fingerprint density at radius 2 is 1.79 bits per heavy atom. The third kappa shape index (κ3) is 4.48. The molecular weight excluding hydrogens is 300 g/mol. The Morgan fingerprint density at radius 3 is 2.46 bits per heavy atom. The van der Waals surface area contributed by atoms with E-state index >= 15 is 0 Å². The van der Waals surface area contributed by atoms with E-state index < -0.39 is 0 Å². The lowest BCUT2D eigenvalue weighted by atomic mass is 9.87. The third-order valence-corrected chi connectivity index (χ3v) is 5.53. The van der Waals surface area contributed by atoms with Crippen molar-refractivity contribution in [1.29, 1.82) is 0 Å². The molecule has 6 nitrogen and oxygen atoms in total. The summed E-state index contributed by atoms with van der Waals surface area (Å²) in [4.78, 5) is 4.82. The molecule has 2 aliphatic rings. The molecule has 134 valence electrons. The van der Waals surface area contributed by atoms with Crippen LogP contribution in [0.3, 0.4) is 0 Å². The van der Waals surface area contributed by atoms with Gasteiger partial charge in [0.05, 0.1) is 0 Å². The maximum atomic E-state index is 4.82. The Bertz CT molecular complexity index is 558. The van der Waals surface area contributed by atoms with Gasteiger partial charge in [-0.25, -0.2) is 4.99 Å². The fourth-order valence-electron chi connectivity index (χ4n) is 3.89. The smallest absolute Gasteiger partial charge is 0.192 e. The summed E-state index contributed by atoms with van der Waals surface area (Å²) in [6.07, 6.45) is 10.3. The molecule has 0 aromatic carbocycles. The van der Waals surface area contributed by atoms with Gasteiger partial charge in [-0.3, -0.25) is 0 Å². The maximum Gasteiger partial charge on any atom is 0.192 e. The molecule has 3 rings (SSSR count). The number of aromatic nitrogens is 3. The molecule has 2 saturated carbocycles. The Balaban J connectivity index is 1.65. The van der Waals surface area contributed by atoms with Crippen LogP contribution in [0.25, 0.3) is 0 Å². The highest BCUT2D eigenvalue weighted by molar-refractivity contribution is 5.80. The minimum Gasteiger partial charge on any atom is -0.354 e. The molecule has 24 heavy (non-hydrogen) atoms. The first kappa shape index (κ1) is 17.2.